The van der Waals surface area contributed by atoms with Gasteiger partial charge in [0, 0.05) is 11.1 Å². The van der Waals surface area contributed by atoms with E-state index in [4.69, 9.17) is 4.74 Å². The second-order valence-corrected chi connectivity index (χ2v) is 9.83. The van der Waals surface area contributed by atoms with Gasteiger partial charge in [-0.3, -0.25) is 14.9 Å². The molecule has 4 aromatic rings. The van der Waals surface area contributed by atoms with Crippen LogP contribution in [0.25, 0.3) is 11.0 Å². The molecular weight excluding hydrogens is 527 g/mol. The maximum atomic E-state index is 11.8. The molecule has 2 aromatic carbocycles. The van der Waals surface area contributed by atoms with E-state index in [9.17, 15) is 9.59 Å². The highest BCUT2D eigenvalue weighted by atomic mass is 35.5. The zero-order valence-corrected chi connectivity index (χ0v) is 21.7. The van der Waals surface area contributed by atoms with Gasteiger partial charge in [-0.05, 0) is 61.4 Å². The van der Waals surface area contributed by atoms with Crippen molar-refractivity contribution in [2.45, 2.75) is 34.6 Å². The number of pyridine rings is 1. The third-order valence-electron chi connectivity index (χ3n) is 5.14. The SMILES string of the molecule is CC(Oc1ccc(CC2SC(=O)NC2=O)cc1)c1nc2ccc(Sc3ccccn3)cc2[nH]1.Cl.Cl. The van der Waals surface area contributed by atoms with Crippen molar-refractivity contribution in [1.82, 2.24) is 20.3 Å². The van der Waals surface area contributed by atoms with Crippen molar-refractivity contribution in [1.29, 1.82) is 0 Å². The maximum absolute atomic E-state index is 11.8. The number of rotatable bonds is 7. The third kappa shape index (κ3) is 6.49. The number of thioether (sulfide) groups is 1. The molecule has 2 atom stereocenters. The van der Waals surface area contributed by atoms with Crippen LogP contribution >= 0.6 is 48.3 Å². The van der Waals surface area contributed by atoms with E-state index < -0.39 is 0 Å². The van der Waals surface area contributed by atoms with Crippen LogP contribution in [0.3, 0.4) is 0 Å². The quantitative estimate of drug-likeness (QED) is 0.293. The molecule has 2 amide bonds. The number of amides is 2. The van der Waals surface area contributed by atoms with Gasteiger partial charge in [-0.2, -0.15) is 0 Å². The lowest BCUT2D eigenvalue weighted by Gasteiger charge is -2.13. The summed E-state index contributed by atoms with van der Waals surface area (Å²) in [6.07, 6.45) is 2.01. The highest BCUT2D eigenvalue weighted by molar-refractivity contribution is 8.15. The Morgan fingerprint density at radius 2 is 1.89 bits per heavy atom. The number of H-pyrrole nitrogens is 1. The maximum Gasteiger partial charge on any atom is 0.286 e. The number of imidazole rings is 1. The Morgan fingerprint density at radius 1 is 1.09 bits per heavy atom. The van der Waals surface area contributed by atoms with Crippen molar-refractivity contribution in [2.24, 2.45) is 0 Å². The Kier molecular flexibility index (Phi) is 9.07. The molecule has 0 saturated carbocycles. The number of hydrogen-bond acceptors (Lipinski definition) is 7. The third-order valence-corrected chi connectivity index (χ3v) is 7.06. The zero-order valence-electron chi connectivity index (χ0n) is 18.5. The van der Waals surface area contributed by atoms with E-state index in [1.54, 1.807) is 18.0 Å². The molecule has 3 heterocycles. The van der Waals surface area contributed by atoms with Gasteiger partial charge in [0.15, 0.2) is 6.10 Å². The van der Waals surface area contributed by atoms with Crippen molar-refractivity contribution >= 4 is 70.5 Å². The van der Waals surface area contributed by atoms with Gasteiger partial charge in [0.25, 0.3) is 5.24 Å². The van der Waals surface area contributed by atoms with Crippen LogP contribution in [-0.4, -0.2) is 31.3 Å². The molecule has 1 fully saturated rings. The smallest absolute Gasteiger partial charge is 0.286 e. The number of aromatic amines is 1. The first-order valence-corrected chi connectivity index (χ1v) is 12.1. The van der Waals surface area contributed by atoms with Crippen molar-refractivity contribution in [3.63, 3.8) is 0 Å². The second kappa shape index (κ2) is 11.8. The summed E-state index contributed by atoms with van der Waals surface area (Å²) in [5.74, 6) is 1.22. The molecule has 35 heavy (non-hydrogen) atoms. The van der Waals surface area contributed by atoms with Gasteiger partial charge in [-0.15, -0.1) is 24.8 Å². The number of imide groups is 1. The molecule has 2 aromatic heterocycles. The van der Waals surface area contributed by atoms with E-state index in [0.29, 0.717) is 12.2 Å². The number of carbonyl (C=O) groups is 2. The van der Waals surface area contributed by atoms with Crippen molar-refractivity contribution in [3.05, 3.63) is 78.2 Å². The normalized spacial score (nSPS) is 15.7. The average Bonchev–Trinajstić information content (AvgIpc) is 3.37. The van der Waals surface area contributed by atoms with Gasteiger partial charge < -0.3 is 9.72 Å². The molecule has 0 aliphatic carbocycles. The minimum Gasteiger partial charge on any atom is -0.483 e. The molecule has 0 bridgehead atoms. The summed E-state index contributed by atoms with van der Waals surface area (Å²) >= 11 is 2.64. The van der Waals surface area contributed by atoms with Crippen LogP contribution in [0.15, 0.2) is 76.8 Å². The minimum atomic E-state index is -0.375. The summed E-state index contributed by atoms with van der Waals surface area (Å²) in [6, 6.07) is 19.5. The van der Waals surface area contributed by atoms with Crippen LogP contribution in [0.1, 0.15) is 24.4 Å². The lowest BCUT2D eigenvalue weighted by atomic mass is 10.1. The molecule has 1 saturated heterocycles. The van der Waals surface area contributed by atoms with Crippen molar-refractivity contribution < 1.29 is 14.3 Å². The van der Waals surface area contributed by atoms with Crippen LogP contribution in [0.2, 0.25) is 0 Å². The predicted octanol–water partition coefficient (Wildman–Crippen LogP) is 5.99. The molecule has 5 rings (SSSR count). The minimum absolute atomic E-state index is 0. The van der Waals surface area contributed by atoms with E-state index >= 15 is 0 Å². The molecule has 2 N–H and O–H groups in total. The first-order chi connectivity index (χ1) is 16.0. The Morgan fingerprint density at radius 3 is 2.57 bits per heavy atom. The fourth-order valence-electron chi connectivity index (χ4n) is 3.50. The van der Waals surface area contributed by atoms with E-state index in [1.807, 2.05) is 61.5 Å². The Hall–Kier alpha value is -2.72. The molecular formula is C24H22Cl2N4O3S2. The molecule has 2 unspecified atom stereocenters. The van der Waals surface area contributed by atoms with Gasteiger partial charge in [0.05, 0.1) is 16.3 Å². The second-order valence-electron chi connectivity index (χ2n) is 7.56. The molecule has 1 aliphatic rings. The fourth-order valence-corrected chi connectivity index (χ4v) is 5.17. The standard InChI is InChI=1S/C24H20N4O3S2.2ClH/c1-14(31-16-7-5-15(6-8-16)12-20-23(29)28-24(30)33-20)22-26-18-10-9-17(13-19(18)27-22)32-21-4-2-3-11-25-21;;/h2-11,13-14,20H,12H2,1H3,(H,26,27)(H,28,29,30);2*1H. The summed E-state index contributed by atoms with van der Waals surface area (Å²) in [6.45, 7) is 1.94. The number of ether oxygens (including phenoxy) is 1. The summed E-state index contributed by atoms with van der Waals surface area (Å²) in [5, 5.41) is 2.59. The Labute approximate surface area is 223 Å². The van der Waals surface area contributed by atoms with Crippen LogP contribution in [0.4, 0.5) is 4.79 Å². The lowest BCUT2D eigenvalue weighted by Crippen LogP contribution is -2.25. The van der Waals surface area contributed by atoms with Gasteiger partial charge in [0.2, 0.25) is 5.91 Å². The van der Waals surface area contributed by atoms with Gasteiger partial charge in [-0.25, -0.2) is 9.97 Å². The summed E-state index contributed by atoms with van der Waals surface area (Å²) in [5.41, 5.74) is 2.79. The van der Waals surface area contributed by atoms with Crippen LogP contribution < -0.4 is 10.1 Å². The number of fused-ring (bicyclic) bond motifs is 1. The van der Waals surface area contributed by atoms with Crippen molar-refractivity contribution in [3.8, 4) is 5.75 Å². The number of hydrogen-bond donors (Lipinski definition) is 2. The predicted molar refractivity (Wildman–Crippen MR) is 143 cm³/mol. The van der Waals surface area contributed by atoms with Gasteiger partial charge in [0.1, 0.15) is 16.6 Å². The number of carbonyl (C=O) groups excluding carboxylic acids is 2. The number of aromatic nitrogens is 3. The van der Waals surface area contributed by atoms with E-state index in [-0.39, 0.29) is 47.3 Å². The van der Waals surface area contributed by atoms with Gasteiger partial charge in [-0.1, -0.05) is 41.7 Å². The molecule has 0 radical (unpaired) electrons. The molecule has 7 nitrogen and oxygen atoms in total. The average molecular weight is 550 g/mol. The Balaban J connectivity index is 0.00000171. The lowest BCUT2D eigenvalue weighted by molar-refractivity contribution is -0.118. The van der Waals surface area contributed by atoms with E-state index in [0.717, 1.165) is 44.1 Å². The monoisotopic (exact) mass is 548 g/mol. The number of nitrogens with zero attached hydrogens (tertiary/aromatic N) is 2. The highest BCUT2D eigenvalue weighted by Crippen LogP contribution is 2.30. The molecule has 182 valence electrons. The zero-order chi connectivity index (χ0) is 22.8. The summed E-state index contributed by atoms with van der Waals surface area (Å²) < 4.78 is 6.07. The topological polar surface area (TPSA) is 97.0 Å². The first-order valence-electron chi connectivity index (χ1n) is 10.4. The van der Waals surface area contributed by atoms with Crippen LogP contribution in [-0.2, 0) is 11.2 Å². The summed E-state index contributed by atoms with van der Waals surface area (Å²) in [7, 11) is 0. The number of benzene rings is 2. The van der Waals surface area contributed by atoms with E-state index in [2.05, 4.69) is 26.3 Å². The number of halogens is 2. The molecule has 11 heteroatoms. The first kappa shape index (κ1) is 26.9. The number of nitrogens with one attached hydrogen (secondary N) is 2. The van der Waals surface area contributed by atoms with Gasteiger partial charge >= 0.3 is 0 Å². The molecule has 0 spiro atoms. The van der Waals surface area contributed by atoms with Crippen LogP contribution in [0.5, 0.6) is 5.75 Å². The molecule has 1 aliphatic heterocycles. The largest absolute Gasteiger partial charge is 0.483 e. The summed E-state index contributed by atoms with van der Waals surface area (Å²) in [4.78, 5) is 36.6. The fraction of sp³-hybridized carbons (Fsp3) is 0.167. The van der Waals surface area contributed by atoms with Crippen molar-refractivity contribution in [2.75, 3.05) is 0 Å². The Bertz CT molecular complexity index is 1320. The highest BCUT2D eigenvalue weighted by Gasteiger charge is 2.31. The van der Waals surface area contributed by atoms with Crippen LogP contribution in [0, 0.1) is 0 Å². The van der Waals surface area contributed by atoms with E-state index in [1.165, 1.54) is 0 Å².